The van der Waals surface area contributed by atoms with Crippen molar-refractivity contribution in [3.63, 3.8) is 0 Å². The summed E-state index contributed by atoms with van der Waals surface area (Å²) < 4.78 is 38.3. The van der Waals surface area contributed by atoms with Crippen LogP contribution in [0.3, 0.4) is 0 Å². The molecule has 0 saturated heterocycles. The minimum absolute atomic E-state index is 0.0731. The number of nitrogens with zero attached hydrogens (tertiary/aromatic N) is 5. The molecule has 31 heavy (non-hydrogen) atoms. The van der Waals surface area contributed by atoms with Gasteiger partial charge in [0.25, 0.3) is 0 Å². The first kappa shape index (κ1) is 21.5. The standard InChI is InChI=1S/C19H19ClF3N7O/c20-16-17(24-10-15(29-16)19(21,22)23)27-12-5-3-6-13(12)28-18(31)11-4-1-2-7-14(11)30-25-8-9-26-30/h1-2,4,7-10,12-13,18,28,31H,3,5-6H2,(H,24,27)/t12-,13-,18?/m0/s1. The Balaban J connectivity index is 1.48. The minimum Gasteiger partial charge on any atom is -0.374 e. The predicted octanol–water partition coefficient (Wildman–Crippen LogP) is 3.34. The molecule has 1 aliphatic carbocycles. The zero-order valence-electron chi connectivity index (χ0n) is 16.1. The number of aliphatic hydroxyl groups is 1. The smallest absolute Gasteiger partial charge is 0.374 e. The molecule has 0 amide bonds. The van der Waals surface area contributed by atoms with Crippen LogP contribution in [0.2, 0.25) is 5.15 Å². The van der Waals surface area contributed by atoms with Crippen LogP contribution in [-0.4, -0.2) is 42.2 Å². The zero-order valence-corrected chi connectivity index (χ0v) is 16.8. The van der Waals surface area contributed by atoms with Crippen LogP contribution in [-0.2, 0) is 6.18 Å². The van der Waals surface area contributed by atoms with Crippen molar-refractivity contribution in [2.45, 2.75) is 43.8 Å². The van der Waals surface area contributed by atoms with Crippen molar-refractivity contribution < 1.29 is 18.3 Å². The molecule has 1 saturated carbocycles. The fraction of sp³-hybridized carbons (Fsp3) is 0.368. The summed E-state index contributed by atoms with van der Waals surface area (Å²) in [6, 6.07) is 6.81. The van der Waals surface area contributed by atoms with Crippen molar-refractivity contribution >= 4 is 17.4 Å². The van der Waals surface area contributed by atoms with Crippen LogP contribution in [0.4, 0.5) is 19.0 Å². The number of hydrogen-bond acceptors (Lipinski definition) is 7. The van der Waals surface area contributed by atoms with Gasteiger partial charge >= 0.3 is 6.18 Å². The summed E-state index contributed by atoms with van der Waals surface area (Å²) >= 11 is 5.92. The number of aliphatic hydroxyl groups excluding tert-OH is 1. The van der Waals surface area contributed by atoms with Gasteiger partial charge in [0.1, 0.15) is 6.23 Å². The second-order valence-corrected chi connectivity index (χ2v) is 7.49. The first-order valence-electron chi connectivity index (χ1n) is 9.59. The van der Waals surface area contributed by atoms with Gasteiger partial charge in [-0.25, -0.2) is 9.97 Å². The number of anilines is 1. The normalized spacial score (nSPS) is 20.0. The van der Waals surface area contributed by atoms with Gasteiger partial charge in [-0.1, -0.05) is 29.8 Å². The number of alkyl halides is 3. The lowest BCUT2D eigenvalue weighted by molar-refractivity contribution is -0.141. The molecule has 1 aliphatic rings. The highest BCUT2D eigenvalue weighted by molar-refractivity contribution is 6.31. The summed E-state index contributed by atoms with van der Waals surface area (Å²) in [7, 11) is 0. The maximum Gasteiger partial charge on any atom is 0.434 e. The van der Waals surface area contributed by atoms with Crippen molar-refractivity contribution in [2.75, 3.05) is 5.32 Å². The van der Waals surface area contributed by atoms with E-state index in [1.54, 1.807) is 30.6 Å². The van der Waals surface area contributed by atoms with Crippen molar-refractivity contribution in [1.82, 2.24) is 30.3 Å². The highest BCUT2D eigenvalue weighted by Crippen LogP contribution is 2.31. The van der Waals surface area contributed by atoms with Crippen LogP contribution in [0.1, 0.15) is 36.7 Å². The molecule has 3 aromatic rings. The second kappa shape index (κ2) is 8.77. The Kier molecular flexibility index (Phi) is 6.08. The van der Waals surface area contributed by atoms with Gasteiger partial charge < -0.3 is 10.4 Å². The van der Waals surface area contributed by atoms with E-state index in [0.717, 1.165) is 19.3 Å². The first-order chi connectivity index (χ1) is 14.8. The van der Waals surface area contributed by atoms with E-state index in [2.05, 4.69) is 30.8 Å². The van der Waals surface area contributed by atoms with E-state index in [0.29, 0.717) is 17.4 Å². The molecule has 3 atom stereocenters. The molecule has 0 spiro atoms. The van der Waals surface area contributed by atoms with Gasteiger partial charge in [0, 0.05) is 17.6 Å². The van der Waals surface area contributed by atoms with E-state index in [1.807, 2.05) is 6.07 Å². The molecule has 3 N–H and O–H groups in total. The number of rotatable bonds is 6. The fourth-order valence-corrected chi connectivity index (χ4v) is 3.84. The van der Waals surface area contributed by atoms with Crippen LogP contribution >= 0.6 is 11.6 Å². The summed E-state index contributed by atoms with van der Waals surface area (Å²) in [5.74, 6) is 0.0731. The molecule has 0 bridgehead atoms. The lowest BCUT2D eigenvalue weighted by Crippen LogP contribution is -2.42. The summed E-state index contributed by atoms with van der Waals surface area (Å²) in [5, 5.41) is 24.9. The van der Waals surface area contributed by atoms with E-state index in [-0.39, 0.29) is 23.1 Å². The van der Waals surface area contributed by atoms with Gasteiger partial charge in [-0.2, -0.15) is 28.2 Å². The molecule has 1 aromatic carbocycles. The van der Waals surface area contributed by atoms with Crippen molar-refractivity contribution in [3.8, 4) is 5.69 Å². The lowest BCUT2D eigenvalue weighted by Gasteiger charge is -2.26. The average Bonchev–Trinajstić information content (AvgIpc) is 3.41. The van der Waals surface area contributed by atoms with E-state index < -0.39 is 18.1 Å². The lowest BCUT2D eigenvalue weighted by atomic mass is 10.1. The minimum atomic E-state index is -4.62. The van der Waals surface area contributed by atoms with E-state index in [9.17, 15) is 18.3 Å². The Morgan fingerprint density at radius 2 is 1.84 bits per heavy atom. The van der Waals surface area contributed by atoms with Gasteiger partial charge in [-0.3, -0.25) is 5.32 Å². The largest absolute Gasteiger partial charge is 0.434 e. The Hall–Kier alpha value is -2.76. The number of benzene rings is 1. The van der Waals surface area contributed by atoms with Crippen LogP contribution in [0.25, 0.3) is 5.69 Å². The molecule has 0 radical (unpaired) electrons. The maximum atomic E-state index is 12.8. The Bertz CT molecular complexity index is 1030. The van der Waals surface area contributed by atoms with Gasteiger partial charge in [0.2, 0.25) is 0 Å². The molecule has 2 aromatic heterocycles. The molecular formula is C19H19ClF3N7O. The zero-order chi connectivity index (χ0) is 22.0. The van der Waals surface area contributed by atoms with Gasteiger partial charge in [0.05, 0.1) is 24.3 Å². The topological polar surface area (TPSA) is 101 Å². The highest BCUT2D eigenvalue weighted by Gasteiger charge is 2.35. The number of nitrogens with one attached hydrogen (secondary N) is 2. The monoisotopic (exact) mass is 453 g/mol. The summed E-state index contributed by atoms with van der Waals surface area (Å²) in [4.78, 5) is 8.60. The molecule has 12 heteroatoms. The quantitative estimate of drug-likeness (QED) is 0.492. The summed E-state index contributed by atoms with van der Waals surface area (Å²) in [5.41, 5.74) is 0.0757. The van der Waals surface area contributed by atoms with E-state index in [1.165, 1.54) is 4.80 Å². The van der Waals surface area contributed by atoms with Crippen LogP contribution in [0.5, 0.6) is 0 Å². The summed E-state index contributed by atoms with van der Waals surface area (Å²) in [6.07, 6.45) is 0.444. The molecule has 1 fully saturated rings. The predicted molar refractivity (Wildman–Crippen MR) is 107 cm³/mol. The van der Waals surface area contributed by atoms with Crippen molar-refractivity contribution in [2.24, 2.45) is 0 Å². The Morgan fingerprint density at radius 3 is 2.55 bits per heavy atom. The van der Waals surface area contributed by atoms with Gasteiger partial charge in [0.15, 0.2) is 16.7 Å². The van der Waals surface area contributed by atoms with Crippen LogP contribution < -0.4 is 10.6 Å². The van der Waals surface area contributed by atoms with Gasteiger partial charge in [-0.05, 0) is 25.3 Å². The number of hydrogen-bond donors (Lipinski definition) is 3. The molecule has 8 nitrogen and oxygen atoms in total. The molecule has 1 unspecified atom stereocenters. The molecule has 164 valence electrons. The SMILES string of the molecule is OC(N[C@H]1CCC[C@@H]1Nc1ncc(C(F)(F)F)nc1Cl)c1ccccc1-n1nccn1. The fourth-order valence-electron chi connectivity index (χ4n) is 3.64. The third-order valence-electron chi connectivity index (χ3n) is 5.10. The van der Waals surface area contributed by atoms with E-state index >= 15 is 0 Å². The average molecular weight is 454 g/mol. The summed E-state index contributed by atoms with van der Waals surface area (Å²) in [6.45, 7) is 0. The Labute approximate surface area is 180 Å². The highest BCUT2D eigenvalue weighted by atomic mass is 35.5. The Morgan fingerprint density at radius 1 is 1.13 bits per heavy atom. The second-order valence-electron chi connectivity index (χ2n) is 7.13. The van der Waals surface area contributed by atoms with Gasteiger partial charge in [-0.15, -0.1) is 0 Å². The third-order valence-corrected chi connectivity index (χ3v) is 5.36. The molecule has 4 rings (SSSR count). The van der Waals surface area contributed by atoms with Crippen molar-refractivity contribution in [3.05, 3.63) is 59.3 Å². The number of para-hydroxylation sites is 1. The van der Waals surface area contributed by atoms with E-state index in [4.69, 9.17) is 11.6 Å². The van der Waals surface area contributed by atoms with Crippen LogP contribution in [0, 0.1) is 0 Å². The first-order valence-corrected chi connectivity index (χ1v) is 9.97. The maximum absolute atomic E-state index is 12.8. The number of halogens is 4. The molecule has 2 heterocycles. The van der Waals surface area contributed by atoms with Crippen molar-refractivity contribution in [1.29, 1.82) is 0 Å². The molecular weight excluding hydrogens is 435 g/mol. The number of aromatic nitrogens is 5. The molecule has 0 aliphatic heterocycles. The van der Waals surface area contributed by atoms with Crippen LogP contribution in [0.15, 0.2) is 42.9 Å². The third kappa shape index (κ3) is 4.78.